The fourth-order valence-electron chi connectivity index (χ4n) is 5.18. The Balaban J connectivity index is 1.76. The van der Waals surface area contributed by atoms with Gasteiger partial charge >= 0.3 is 0 Å². The van der Waals surface area contributed by atoms with Crippen LogP contribution in [0.25, 0.3) is 0 Å². The molecule has 116 valence electrons. The summed E-state index contributed by atoms with van der Waals surface area (Å²) in [5, 5.41) is 10.5. The predicted octanol–water partition coefficient (Wildman–Crippen LogP) is 3.21. The number of aryl methyl sites for hydroxylation is 1. The van der Waals surface area contributed by atoms with Crippen molar-refractivity contribution < 1.29 is 5.11 Å². The molecule has 0 radical (unpaired) electrons. The predicted molar refractivity (Wildman–Crippen MR) is 84.5 cm³/mol. The van der Waals surface area contributed by atoms with Crippen molar-refractivity contribution in [1.82, 2.24) is 9.47 Å². The summed E-state index contributed by atoms with van der Waals surface area (Å²) < 4.78 is 2.61. The van der Waals surface area contributed by atoms with E-state index in [1.165, 1.54) is 49.3 Å². The van der Waals surface area contributed by atoms with E-state index in [1.807, 2.05) is 0 Å². The third kappa shape index (κ3) is 2.08. The lowest BCUT2D eigenvalue weighted by Gasteiger charge is -2.35. The van der Waals surface area contributed by atoms with Crippen LogP contribution in [0, 0.1) is 12.3 Å². The molecule has 3 unspecified atom stereocenters. The first-order chi connectivity index (χ1) is 9.96. The van der Waals surface area contributed by atoms with Gasteiger partial charge in [0, 0.05) is 29.5 Å². The highest BCUT2D eigenvalue weighted by Gasteiger charge is 2.41. The summed E-state index contributed by atoms with van der Waals surface area (Å²) in [4.78, 5) is 2.68. The number of aliphatic hydroxyl groups is 1. The summed E-state index contributed by atoms with van der Waals surface area (Å²) in [6.07, 6.45) is 5.72. The Morgan fingerprint density at radius 2 is 2.00 bits per heavy atom. The van der Waals surface area contributed by atoms with E-state index in [4.69, 9.17) is 0 Å². The van der Waals surface area contributed by atoms with Gasteiger partial charge in [0.25, 0.3) is 0 Å². The van der Waals surface area contributed by atoms with E-state index in [9.17, 15) is 5.11 Å². The molecular weight excluding hydrogens is 260 g/mol. The lowest BCUT2D eigenvalue weighted by molar-refractivity contribution is 0.0971. The van der Waals surface area contributed by atoms with E-state index in [1.54, 1.807) is 0 Å². The molecule has 2 saturated heterocycles. The average molecular weight is 288 g/mol. The van der Waals surface area contributed by atoms with Gasteiger partial charge in [0.15, 0.2) is 0 Å². The molecular formula is C18H28N2O. The normalized spacial score (nSPS) is 35.0. The second-order valence-electron chi connectivity index (χ2n) is 8.22. The van der Waals surface area contributed by atoms with Gasteiger partial charge in [-0.15, -0.1) is 0 Å². The summed E-state index contributed by atoms with van der Waals surface area (Å²) in [5.41, 5.74) is 4.21. The van der Waals surface area contributed by atoms with Crippen molar-refractivity contribution in [2.75, 3.05) is 13.1 Å². The first kappa shape index (κ1) is 13.8. The molecule has 3 aliphatic rings. The number of aliphatic hydroxyl groups excluding tert-OH is 1. The van der Waals surface area contributed by atoms with Crippen molar-refractivity contribution in [2.24, 2.45) is 5.41 Å². The molecule has 1 aromatic rings. The Bertz CT molecular complexity index is 560. The molecule has 1 N–H and O–H groups in total. The smallest absolute Gasteiger partial charge is 0.0812 e. The molecule has 4 rings (SSSR count). The Morgan fingerprint density at radius 3 is 2.81 bits per heavy atom. The van der Waals surface area contributed by atoms with Crippen LogP contribution in [0.15, 0.2) is 6.07 Å². The van der Waals surface area contributed by atoms with Crippen molar-refractivity contribution in [3.05, 3.63) is 23.0 Å². The summed E-state index contributed by atoms with van der Waals surface area (Å²) in [5.74, 6) is 0. The second-order valence-corrected chi connectivity index (χ2v) is 8.22. The van der Waals surface area contributed by atoms with E-state index in [2.05, 4.69) is 36.3 Å². The maximum atomic E-state index is 10.5. The van der Waals surface area contributed by atoms with Crippen LogP contribution in [0.5, 0.6) is 0 Å². The zero-order valence-corrected chi connectivity index (χ0v) is 13.6. The minimum atomic E-state index is -0.273. The standard InChI is InChI=1S/C18H28N2O/c1-12-9-13-16(10-18(2,3)11-17(13)21)20(12)15-6-8-19-7-4-5-14(15)19/h9,14-15,17,21H,4-8,10-11H2,1-3H3. The maximum absolute atomic E-state index is 10.5. The molecule has 1 aromatic heterocycles. The lowest BCUT2D eigenvalue weighted by Crippen LogP contribution is -2.31. The van der Waals surface area contributed by atoms with Gasteiger partial charge in [0.2, 0.25) is 0 Å². The van der Waals surface area contributed by atoms with Gasteiger partial charge in [-0.1, -0.05) is 13.8 Å². The van der Waals surface area contributed by atoms with Gasteiger partial charge in [0.05, 0.1) is 12.1 Å². The third-order valence-corrected chi connectivity index (χ3v) is 6.02. The van der Waals surface area contributed by atoms with Crippen LogP contribution < -0.4 is 0 Å². The number of hydrogen-bond donors (Lipinski definition) is 1. The van der Waals surface area contributed by atoms with Crippen LogP contribution in [-0.4, -0.2) is 33.7 Å². The molecule has 0 bridgehead atoms. The van der Waals surface area contributed by atoms with E-state index in [-0.39, 0.29) is 11.5 Å². The summed E-state index contributed by atoms with van der Waals surface area (Å²) >= 11 is 0. The Morgan fingerprint density at radius 1 is 1.19 bits per heavy atom. The number of rotatable bonds is 1. The highest BCUT2D eigenvalue weighted by molar-refractivity contribution is 5.34. The second kappa shape index (κ2) is 4.60. The maximum Gasteiger partial charge on any atom is 0.0812 e. The highest BCUT2D eigenvalue weighted by Crippen LogP contribution is 2.45. The Kier molecular flexibility index (Phi) is 3.03. The molecule has 21 heavy (non-hydrogen) atoms. The molecule has 2 aliphatic heterocycles. The SMILES string of the molecule is Cc1cc2c(n1C1CCN3CCCC13)CC(C)(C)CC2O. The first-order valence-corrected chi connectivity index (χ1v) is 8.59. The average Bonchev–Trinajstić information content (AvgIpc) is 3.03. The van der Waals surface area contributed by atoms with Crippen LogP contribution >= 0.6 is 0 Å². The largest absolute Gasteiger partial charge is 0.388 e. The first-order valence-electron chi connectivity index (χ1n) is 8.59. The molecule has 3 heteroatoms. The van der Waals surface area contributed by atoms with Crippen molar-refractivity contribution in [3.8, 4) is 0 Å². The van der Waals surface area contributed by atoms with Crippen molar-refractivity contribution >= 4 is 0 Å². The molecule has 0 spiro atoms. The van der Waals surface area contributed by atoms with Gasteiger partial charge in [-0.3, -0.25) is 4.90 Å². The highest BCUT2D eigenvalue weighted by atomic mass is 16.3. The summed E-state index contributed by atoms with van der Waals surface area (Å²) in [7, 11) is 0. The number of fused-ring (bicyclic) bond motifs is 2. The number of hydrogen-bond acceptors (Lipinski definition) is 2. The molecule has 3 atom stereocenters. The fraction of sp³-hybridized carbons (Fsp3) is 0.778. The van der Waals surface area contributed by atoms with E-state index < -0.39 is 0 Å². The minimum absolute atomic E-state index is 0.211. The van der Waals surface area contributed by atoms with Gasteiger partial charge in [-0.25, -0.2) is 0 Å². The van der Waals surface area contributed by atoms with Gasteiger partial charge in [-0.2, -0.15) is 0 Å². The Hall–Kier alpha value is -0.800. The van der Waals surface area contributed by atoms with E-state index >= 15 is 0 Å². The van der Waals surface area contributed by atoms with Gasteiger partial charge < -0.3 is 9.67 Å². The third-order valence-electron chi connectivity index (χ3n) is 6.02. The molecule has 1 aliphatic carbocycles. The minimum Gasteiger partial charge on any atom is -0.388 e. The summed E-state index contributed by atoms with van der Waals surface area (Å²) in [6.45, 7) is 9.37. The number of aromatic nitrogens is 1. The van der Waals surface area contributed by atoms with Crippen LogP contribution in [0.3, 0.4) is 0 Å². The van der Waals surface area contributed by atoms with Crippen LogP contribution in [0.4, 0.5) is 0 Å². The topological polar surface area (TPSA) is 28.4 Å². The quantitative estimate of drug-likeness (QED) is 0.859. The van der Waals surface area contributed by atoms with Crippen molar-refractivity contribution in [2.45, 2.75) is 71.1 Å². The van der Waals surface area contributed by atoms with Gasteiger partial charge in [-0.05, 0) is 57.1 Å². The summed E-state index contributed by atoms with van der Waals surface area (Å²) in [6, 6.07) is 3.63. The fourth-order valence-corrected chi connectivity index (χ4v) is 5.18. The molecule has 2 fully saturated rings. The van der Waals surface area contributed by atoms with Crippen molar-refractivity contribution in [1.29, 1.82) is 0 Å². The monoisotopic (exact) mass is 288 g/mol. The molecule has 3 heterocycles. The molecule has 0 saturated carbocycles. The zero-order valence-electron chi connectivity index (χ0n) is 13.6. The number of nitrogens with zero attached hydrogens (tertiary/aromatic N) is 2. The van der Waals surface area contributed by atoms with Gasteiger partial charge in [0.1, 0.15) is 0 Å². The molecule has 0 aromatic carbocycles. The van der Waals surface area contributed by atoms with Crippen LogP contribution in [0.2, 0.25) is 0 Å². The Labute approximate surface area is 127 Å². The molecule has 0 amide bonds. The van der Waals surface area contributed by atoms with Crippen molar-refractivity contribution in [3.63, 3.8) is 0 Å². The van der Waals surface area contributed by atoms with E-state index in [0.29, 0.717) is 6.04 Å². The van der Waals surface area contributed by atoms with Crippen LogP contribution in [0.1, 0.15) is 68.6 Å². The lowest BCUT2D eigenvalue weighted by atomic mass is 9.75. The van der Waals surface area contributed by atoms with E-state index in [0.717, 1.165) is 18.9 Å². The van der Waals surface area contributed by atoms with Crippen LogP contribution in [-0.2, 0) is 6.42 Å². The molecule has 3 nitrogen and oxygen atoms in total. The zero-order chi connectivity index (χ0) is 14.8.